The maximum absolute atomic E-state index is 12.8. The van der Waals surface area contributed by atoms with E-state index in [9.17, 15) is 19.2 Å². The van der Waals surface area contributed by atoms with Crippen molar-refractivity contribution in [3.05, 3.63) is 59.0 Å². The van der Waals surface area contributed by atoms with Gasteiger partial charge in [0.05, 0.1) is 6.20 Å². The number of carbonyl (C=O) groups is 4. The van der Waals surface area contributed by atoms with Crippen LogP contribution < -0.4 is 15.4 Å². The molecule has 0 spiro atoms. The number of ether oxygens (including phenoxy) is 1. The number of hydrogen-bond donors (Lipinski definition) is 2. The smallest absolute Gasteiger partial charge is 0.270 e. The van der Waals surface area contributed by atoms with Crippen molar-refractivity contribution < 1.29 is 23.9 Å². The topological polar surface area (TPSA) is 135 Å². The molecule has 0 aliphatic carbocycles. The summed E-state index contributed by atoms with van der Waals surface area (Å²) in [5.41, 5.74) is 2.06. The molecule has 2 aromatic heterocycles. The van der Waals surface area contributed by atoms with Gasteiger partial charge < -0.3 is 20.3 Å². The van der Waals surface area contributed by atoms with Gasteiger partial charge in [0, 0.05) is 44.3 Å². The monoisotopic (exact) mass is 448 g/mol. The van der Waals surface area contributed by atoms with Crippen LogP contribution in [0, 0.1) is 0 Å². The third-order valence-corrected chi connectivity index (χ3v) is 5.61. The van der Waals surface area contributed by atoms with Gasteiger partial charge in [-0.15, -0.1) is 0 Å². The molecule has 0 bridgehead atoms. The van der Waals surface area contributed by atoms with Crippen LogP contribution in [0.3, 0.4) is 0 Å². The SMILES string of the molecule is CN1C[C@H](NC(=O)c2cc(C(=O)NCc3ccc4c(c3)CC(=O)CO4)nc3ccnn23)C1=O. The fourth-order valence-corrected chi connectivity index (χ4v) is 3.84. The van der Waals surface area contributed by atoms with Gasteiger partial charge in [-0.1, -0.05) is 6.07 Å². The summed E-state index contributed by atoms with van der Waals surface area (Å²) in [5.74, 6) is -0.500. The Bertz CT molecular complexity index is 1320. The predicted molar refractivity (Wildman–Crippen MR) is 114 cm³/mol. The van der Waals surface area contributed by atoms with Crippen LogP contribution in [0.25, 0.3) is 5.65 Å². The van der Waals surface area contributed by atoms with E-state index in [1.54, 1.807) is 19.2 Å². The number of likely N-dealkylation sites (tertiary alicyclic amines) is 1. The van der Waals surface area contributed by atoms with E-state index in [4.69, 9.17) is 4.74 Å². The molecule has 2 aliphatic heterocycles. The molecule has 3 aromatic rings. The van der Waals surface area contributed by atoms with Crippen LogP contribution in [0.2, 0.25) is 0 Å². The maximum Gasteiger partial charge on any atom is 0.270 e. The Labute approximate surface area is 187 Å². The number of nitrogens with one attached hydrogen (secondary N) is 2. The number of aromatic nitrogens is 3. The van der Waals surface area contributed by atoms with Gasteiger partial charge in [0.1, 0.15) is 29.8 Å². The zero-order chi connectivity index (χ0) is 23.1. The van der Waals surface area contributed by atoms with Gasteiger partial charge in [-0.05, 0) is 17.7 Å². The van der Waals surface area contributed by atoms with Crippen molar-refractivity contribution in [2.24, 2.45) is 0 Å². The molecule has 5 rings (SSSR count). The molecule has 168 valence electrons. The van der Waals surface area contributed by atoms with Crippen molar-refractivity contribution in [1.82, 2.24) is 30.1 Å². The summed E-state index contributed by atoms with van der Waals surface area (Å²) in [6.45, 7) is 0.701. The molecular formula is C22H20N6O5. The molecule has 3 amide bonds. The van der Waals surface area contributed by atoms with Crippen LogP contribution in [0.1, 0.15) is 32.1 Å². The van der Waals surface area contributed by atoms with Gasteiger partial charge in [-0.3, -0.25) is 19.2 Å². The number of fused-ring (bicyclic) bond motifs is 2. The van der Waals surface area contributed by atoms with Gasteiger partial charge in [0.2, 0.25) is 5.91 Å². The first-order valence-corrected chi connectivity index (χ1v) is 10.3. The second kappa shape index (κ2) is 8.01. The zero-order valence-electron chi connectivity index (χ0n) is 17.7. The minimum absolute atomic E-state index is 0.00282. The lowest BCUT2D eigenvalue weighted by Gasteiger charge is -2.35. The number of nitrogens with zero attached hydrogens (tertiary/aromatic N) is 4. The largest absolute Gasteiger partial charge is 0.486 e. The van der Waals surface area contributed by atoms with E-state index in [2.05, 4.69) is 20.7 Å². The highest BCUT2D eigenvalue weighted by Crippen LogP contribution is 2.24. The molecule has 11 heteroatoms. The average molecular weight is 448 g/mol. The number of ketones is 1. The van der Waals surface area contributed by atoms with Crippen LogP contribution in [0.4, 0.5) is 0 Å². The third kappa shape index (κ3) is 3.88. The number of likely N-dealkylation sites (N-methyl/N-ethyl adjacent to an activating group) is 1. The molecule has 1 atom stereocenters. The lowest BCUT2D eigenvalue weighted by atomic mass is 10.0. The third-order valence-electron chi connectivity index (χ3n) is 5.61. The first kappa shape index (κ1) is 20.6. The number of hydrogen-bond acceptors (Lipinski definition) is 7. The second-order valence-corrected chi connectivity index (χ2v) is 8.00. The van der Waals surface area contributed by atoms with E-state index in [0.717, 1.165) is 11.1 Å². The van der Waals surface area contributed by atoms with Gasteiger partial charge in [-0.25, -0.2) is 9.50 Å². The van der Waals surface area contributed by atoms with Crippen LogP contribution >= 0.6 is 0 Å². The Morgan fingerprint density at radius 1 is 1.18 bits per heavy atom. The number of rotatable bonds is 5. The van der Waals surface area contributed by atoms with Crippen molar-refractivity contribution >= 4 is 29.2 Å². The molecule has 0 saturated carbocycles. The van der Waals surface area contributed by atoms with Gasteiger partial charge >= 0.3 is 0 Å². The van der Waals surface area contributed by atoms with Crippen LogP contribution in [0.15, 0.2) is 36.5 Å². The molecule has 4 heterocycles. The Hall–Kier alpha value is -4.28. The molecule has 1 saturated heterocycles. The van der Waals surface area contributed by atoms with Crippen LogP contribution in [0.5, 0.6) is 5.75 Å². The molecule has 2 aliphatic rings. The fourth-order valence-electron chi connectivity index (χ4n) is 3.84. The van der Waals surface area contributed by atoms with Crippen molar-refractivity contribution in [3.63, 3.8) is 0 Å². The number of benzene rings is 1. The van der Waals surface area contributed by atoms with Crippen LogP contribution in [-0.4, -0.2) is 69.2 Å². The van der Waals surface area contributed by atoms with Gasteiger partial charge in [-0.2, -0.15) is 5.10 Å². The molecule has 0 unspecified atom stereocenters. The molecule has 0 radical (unpaired) electrons. The van der Waals surface area contributed by atoms with Crippen molar-refractivity contribution in [1.29, 1.82) is 0 Å². The normalized spacial score (nSPS) is 17.2. The highest BCUT2D eigenvalue weighted by molar-refractivity contribution is 6.01. The highest BCUT2D eigenvalue weighted by atomic mass is 16.5. The number of carbonyl (C=O) groups excluding carboxylic acids is 4. The summed E-state index contributed by atoms with van der Waals surface area (Å²) >= 11 is 0. The van der Waals surface area contributed by atoms with E-state index in [-0.39, 0.29) is 36.2 Å². The van der Waals surface area contributed by atoms with E-state index < -0.39 is 17.9 Å². The highest BCUT2D eigenvalue weighted by Gasteiger charge is 2.35. The Morgan fingerprint density at radius 3 is 2.82 bits per heavy atom. The quantitative estimate of drug-likeness (QED) is 0.513. The summed E-state index contributed by atoms with van der Waals surface area (Å²) in [6, 6.07) is 7.74. The van der Waals surface area contributed by atoms with Crippen molar-refractivity contribution in [2.45, 2.75) is 19.0 Å². The Morgan fingerprint density at radius 2 is 2.03 bits per heavy atom. The number of amides is 3. The average Bonchev–Trinajstić information content (AvgIpc) is 3.29. The first-order chi connectivity index (χ1) is 15.9. The number of Topliss-reactive ketones (excluding diaryl/α,β-unsaturated/α-hetero) is 1. The Balaban J connectivity index is 1.33. The molecule has 11 nitrogen and oxygen atoms in total. The van der Waals surface area contributed by atoms with E-state index in [1.165, 1.54) is 21.7 Å². The summed E-state index contributed by atoms with van der Waals surface area (Å²) < 4.78 is 6.71. The molecule has 2 N–H and O–H groups in total. The molecule has 1 fully saturated rings. The standard InChI is InChI=1S/C22H20N6O5/c1-27-10-16(22(27)32)26-21(31)17-8-15(25-19-4-5-24-28(17)19)20(30)23-9-12-2-3-18-13(6-12)7-14(29)11-33-18/h2-6,8,16H,7,9-11H2,1H3,(H,23,30)(H,26,31)/t16-/m0/s1. The number of β-lactam (4-membered cyclic amide) rings is 1. The second-order valence-electron chi connectivity index (χ2n) is 8.00. The van der Waals surface area contributed by atoms with Gasteiger partial charge in [0.15, 0.2) is 11.4 Å². The fraction of sp³-hybridized carbons (Fsp3) is 0.273. The minimum atomic E-state index is -0.599. The van der Waals surface area contributed by atoms with E-state index in [1.807, 2.05) is 12.1 Å². The zero-order valence-corrected chi connectivity index (χ0v) is 17.7. The van der Waals surface area contributed by atoms with Crippen molar-refractivity contribution in [3.8, 4) is 5.75 Å². The lowest BCUT2D eigenvalue weighted by Crippen LogP contribution is -2.62. The summed E-state index contributed by atoms with van der Waals surface area (Å²) in [4.78, 5) is 54.8. The Kier molecular flexibility index (Phi) is 5.00. The summed E-state index contributed by atoms with van der Waals surface area (Å²) in [6.07, 6.45) is 1.77. The van der Waals surface area contributed by atoms with E-state index in [0.29, 0.717) is 24.4 Å². The molecule has 33 heavy (non-hydrogen) atoms. The first-order valence-electron chi connectivity index (χ1n) is 10.3. The van der Waals surface area contributed by atoms with Crippen LogP contribution in [-0.2, 0) is 22.6 Å². The predicted octanol–water partition coefficient (Wildman–Crippen LogP) is -0.266. The van der Waals surface area contributed by atoms with Gasteiger partial charge in [0.25, 0.3) is 11.8 Å². The maximum atomic E-state index is 12.8. The molecule has 1 aromatic carbocycles. The summed E-state index contributed by atoms with van der Waals surface area (Å²) in [7, 11) is 1.65. The van der Waals surface area contributed by atoms with Crippen molar-refractivity contribution in [2.75, 3.05) is 20.2 Å². The summed E-state index contributed by atoms with van der Waals surface area (Å²) in [5, 5.41) is 9.54. The lowest BCUT2D eigenvalue weighted by molar-refractivity contribution is -0.141. The molecular weight excluding hydrogens is 428 g/mol. The minimum Gasteiger partial charge on any atom is -0.486 e. The van der Waals surface area contributed by atoms with E-state index >= 15 is 0 Å².